The molecule has 0 aliphatic heterocycles. The first-order chi connectivity index (χ1) is 6.93. The fourth-order valence-electron chi connectivity index (χ4n) is 0. The lowest BCUT2D eigenvalue weighted by Gasteiger charge is -1.96. The predicted molar refractivity (Wildman–Crippen MR) is 37.4 cm³/mol. The van der Waals surface area contributed by atoms with Crippen molar-refractivity contribution in [1.29, 1.82) is 0 Å². The van der Waals surface area contributed by atoms with Crippen LogP contribution in [0.25, 0.3) is 0 Å². The maximum absolute atomic E-state index is 8.89. The molecule has 0 saturated heterocycles. The number of hydrogen-bond acceptors (Lipinski definition) is 9. The van der Waals surface area contributed by atoms with E-state index in [1.807, 2.05) is 0 Å². The second-order valence-corrected chi connectivity index (χ2v) is 1.72. The second-order valence-electron chi connectivity index (χ2n) is 1.72. The molecule has 0 aliphatic carbocycles. The van der Waals surface area contributed by atoms with E-state index >= 15 is 0 Å². The van der Waals surface area contributed by atoms with Gasteiger partial charge in [0.2, 0.25) is 0 Å². The Morgan fingerprint density at radius 3 is 0.562 bits per heavy atom. The van der Waals surface area contributed by atoms with Crippen molar-refractivity contribution in [2.75, 3.05) is 0 Å². The van der Waals surface area contributed by atoms with Crippen molar-refractivity contribution in [2.45, 2.75) is 20.8 Å². The molecule has 96 valence electrons. The van der Waals surface area contributed by atoms with Gasteiger partial charge in [-0.2, -0.15) is 0 Å². The van der Waals surface area contributed by atoms with Gasteiger partial charge < -0.3 is 44.7 Å². The summed E-state index contributed by atoms with van der Waals surface area (Å²) in [6.07, 6.45) is -2.33. The molecule has 0 aromatic rings. The van der Waals surface area contributed by atoms with Gasteiger partial charge in [-0.05, 0) is 26.9 Å². The van der Waals surface area contributed by atoms with Crippen molar-refractivity contribution in [3.05, 3.63) is 0 Å². The van der Waals surface area contributed by atoms with Crippen LogP contribution in [0.4, 0.5) is 4.79 Å². The SMILES string of the molecule is CC(=O)[O-].CC(=O)[O-].CC(=O)[O-].O=C([O-])[O-]. The van der Waals surface area contributed by atoms with Crippen LogP contribution in [-0.4, -0.2) is 24.1 Å². The largest absolute Gasteiger partial charge is 0.652 e. The van der Waals surface area contributed by atoms with Gasteiger partial charge >= 0.3 is 0 Å². The molecule has 0 heterocycles. The third-order valence-corrected chi connectivity index (χ3v) is 0. The Balaban J connectivity index is -0.0000000600. The zero-order valence-corrected chi connectivity index (χ0v) is 8.67. The topological polar surface area (TPSA) is 184 Å². The summed E-state index contributed by atoms with van der Waals surface area (Å²) in [6.45, 7) is 2.92. The van der Waals surface area contributed by atoms with Gasteiger partial charge in [-0.3, -0.25) is 0 Å². The molecule has 0 radical (unpaired) electrons. The molecule has 0 aromatic heterocycles. The maximum atomic E-state index is 8.89. The van der Waals surface area contributed by atoms with Gasteiger partial charge in [0.1, 0.15) is 0 Å². The number of carboxylic acids is 3. The summed E-state index contributed by atoms with van der Waals surface area (Å²) in [5.41, 5.74) is 0. The Hall–Kier alpha value is -2.32. The second kappa shape index (κ2) is 18.5. The summed E-state index contributed by atoms with van der Waals surface area (Å²) in [5, 5.41) is 43.3. The number of carboxylic acid groups (broad SMARTS) is 5. The van der Waals surface area contributed by atoms with Crippen LogP contribution in [0.15, 0.2) is 0 Å². The number of aliphatic carboxylic acids is 3. The van der Waals surface area contributed by atoms with Crippen molar-refractivity contribution in [2.24, 2.45) is 0 Å². The summed E-state index contributed by atoms with van der Waals surface area (Å²) in [4.78, 5) is 35.0. The van der Waals surface area contributed by atoms with Gasteiger partial charge in [0.15, 0.2) is 0 Å². The minimum Gasteiger partial charge on any atom is -0.652 e. The quantitative estimate of drug-likeness (QED) is 0.395. The number of carbonyl (C=O) groups is 4. The monoisotopic (exact) mass is 237 g/mol. The van der Waals surface area contributed by atoms with E-state index < -0.39 is 24.1 Å². The lowest BCUT2D eigenvalue weighted by molar-refractivity contribution is -0.415. The number of hydrogen-bond donors (Lipinski definition) is 0. The van der Waals surface area contributed by atoms with Crippen LogP contribution >= 0.6 is 0 Å². The van der Waals surface area contributed by atoms with Crippen molar-refractivity contribution in [3.8, 4) is 0 Å². The molecule has 0 N–H and O–H groups in total. The van der Waals surface area contributed by atoms with E-state index in [1.165, 1.54) is 0 Å². The Bertz CT molecular complexity index is 156. The molecule has 0 rings (SSSR count). The third-order valence-electron chi connectivity index (χ3n) is 0. The summed E-state index contributed by atoms with van der Waals surface area (Å²) in [7, 11) is 0. The standard InChI is InChI=1S/3C2H4O2.CH2O3/c3*1-2(3)4;2-1(3)4/h3*1H3,(H,3,4);(H2,2,3,4)/p-5. The van der Waals surface area contributed by atoms with Crippen molar-refractivity contribution >= 4 is 24.1 Å². The number of carbonyl (C=O) groups excluding carboxylic acids is 4. The summed E-state index contributed by atoms with van der Waals surface area (Å²) in [5.74, 6) is -3.25. The van der Waals surface area contributed by atoms with Crippen LogP contribution in [0.5, 0.6) is 0 Å². The van der Waals surface area contributed by atoms with Crippen LogP contribution in [0.3, 0.4) is 0 Å². The summed E-state index contributed by atoms with van der Waals surface area (Å²) in [6, 6.07) is 0. The van der Waals surface area contributed by atoms with Gasteiger partial charge in [-0.1, -0.05) is 0 Å². The van der Waals surface area contributed by atoms with Crippen molar-refractivity contribution in [1.82, 2.24) is 0 Å². The van der Waals surface area contributed by atoms with Crippen LogP contribution in [-0.2, 0) is 14.4 Å². The molecule has 0 spiro atoms. The van der Waals surface area contributed by atoms with E-state index in [1.54, 1.807) is 0 Å². The molecule has 0 unspecified atom stereocenters. The van der Waals surface area contributed by atoms with Gasteiger partial charge in [-0.15, -0.1) is 0 Å². The molecule has 0 fully saturated rings. The molecule has 0 atom stereocenters. The molecular formula is C7H9O9-5. The fraction of sp³-hybridized carbons (Fsp3) is 0.429. The fourth-order valence-corrected chi connectivity index (χ4v) is 0. The van der Waals surface area contributed by atoms with Gasteiger partial charge in [0.25, 0.3) is 0 Å². The predicted octanol–water partition coefficient (Wildman–Crippen LogP) is -6.18. The maximum Gasteiger partial charge on any atom is 0.0383 e. The molecular weight excluding hydrogens is 228 g/mol. The first-order valence-corrected chi connectivity index (χ1v) is 3.34. The highest BCUT2D eigenvalue weighted by Crippen LogP contribution is 1.31. The van der Waals surface area contributed by atoms with E-state index in [-0.39, 0.29) is 0 Å². The minimum atomic E-state index is -2.33. The lowest BCUT2D eigenvalue weighted by atomic mass is 10.9. The number of rotatable bonds is 0. The molecule has 9 heteroatoms. The van der Waals surface area contributed by atoms with E-state index in [0.29, 0.717) is 0 Å². The van der Waals surface area contributed by atoms with Crippen molar-refractivity contribution in [3.63, 3.8) is 0 Å². The normalized spacial score (nSPS) is 6.19. The average molecular weight is 237 g/mol. The van der Waals surface area contributed by atoms with Gasteiger partial charge in [-0.25, -0.2) is 0 Å². The zero-order valence-electron chi connectivity index (χ0n) is 8.67. The smallest absolute Gasteiger partial charge is 0.0383 e. The average Bonchev–Trinajstić information content (AvgIpc) is 1.76. The van der Waals surface area contributed by atoms with Crippen LogP contribution in [0, 0.1) is 0 Å². The Kier molecular flexibility index (Phi) is 27.1. The summed E-state index contributed by atoms with van der Waals surface area (Å²) >= 11 is 0. The minimum absolute atomic E-state index is 0.972. The first kappa shape index (κ1) is 23.5. The third kappa shape index (κ3) is 248. The van der Waals surface area contributed by atoms with E-state index in [4.69, 9.17) is 44.7 Å². The highest BCUT2D eigenvalue weighted by atomic mass is 16.6. The highest BCUT2D eigenvalue weighted by Gasteiger charge is 1.47. The molecule has 0 bridgehead atoms. The van der Waals surface area contributed by atoms with Crippen molar-refractivity contribution < 1.29 is 44.7 Å². The van der Waals surface area contributed by atoms with E-state index in [0.717, 1.165) is 20.8 Å². The molecule has 0 aromatic carbocycles. The van der Waals surface area contributed by atoms with E-state index in [9.17, 15) is 0 Å². The highest BCUT2D eigenvalue weighted by molar-refractivity contribution is 5.60. The van der Waals surface area contributed by atoms with Crippen LogP contribution in [0.1, 0.15) is 20.8 Å². The molecule has 9 nitrogen and oxygen atoms in total. The van der Waals surface area contributed by atoms with Crippen LogP contribution < -0.4 is 25.5 Å². The Morgan fingerprint density at radius 1 is 0.562 bits per heavy atom. The molecule has 16 heavy (non-hydrogen) atoms. The van der Waals surface area contributed by atoms with Gasteiger partial charge in [0.05, 0.1) is 0 Å². The molecule has 0 saturated carbocycles. The van der Waals surface area contributed by atoms with Crippen LogP contribution in [0.2, 0.25) is 0 Å². The summed E-state index contributed by atoms with van der Waals surface area (Å²) < 4.78 is 0. The van der Waals surface area contributed by atoms with E-state index in [2.05, 4.69) is 0 Å². The molecule has 0 amide bonds. The Morgan fingerprint density at radius 2 is 0.562 bits per heavy atom. The lowest BCUT2D eigenvalue weighted by Crippen LogP contribution is -2.37. The first-order valence-electron chi connectivity index (χ1n) is 3.34. The molecule has 0 aliphatic rings. The van der Waals surface area contributed by atoms with Gasteiger partial charge in [0, 0.05) is 17.9 Å². The Labute approximate surface area is 90.6 Å². The zero-order chi connectivity index (χ0) is 14.3.